The van der Waals surface area contributed by atoms with Gasteiger partial charge in [0.05, 0.1) is 11.1 Å². The maximum atomic E-state index is 12.8. The Morgan fingerprint density at radius 3 is 2.50 bits per heavy atom. The van der Waals surface area contributed by atoms with Gasteiger partial charge in [0.15, 0.2) is 0 Å². The molecule has 1 aliphatic rings. The lowest BCUT2D eigenvalue weighted by Crippen LogP contribution is -2.43. The standard InChI is InChI=1S/C20H21F3N6O/c21-20(22,23)11-5-7-12(8-6-11)26-17-16-15(9-10-25-18(16)30)28-19(29-17)27-14-4-2-1-3-13(14)24/h5-10,13-14H,1-4,24H2,(H,25,30)(H2,26,27,28,29)/t13?,14-/m0/s1. The summed E-state index contributed by atoms with van der Waals surface area (Å²) in [6.45, 7) is 0. The number of aromatic nitrogens is 3. The first kappa shape index (κ1) is 20.1. The average molecular weight is 418 g/mol. The third-order valence-electron chi connectivity index (χ3n) is 5.23. The number of fused-ring (bicyclic) bond motifs is 1. The van der Waals surface area contributed by atoms with Crippen LogP contribution < -0.4 is 21.9 Å². The highest BCUT2D eigenvalue weighted by Gasteiger charge is 2.30. The molecule has 0 aliphatic heterocycles. The van der Waals surface area contributed by atoms with Gasteiger partial charge in [-0.2, -0.15) is 18.2 Å². The number of pyridine rings is 1. The van der Waals surface area contributed by atoms with E-state index in [-0.39, 0.29) is 23.3 Å². The topological polar surface area (TPSA) is 109 Å². The van der Waals surface area contributed by atoms with E-state index in [1.165, 1.54) is 18.3 Å². The van der Waals surface area contributed by atoms with Gasteiger partial charge in [-0.15, -0.1) is 0 Å². The maximum absolute atomic E-state index is 12.8. The van der Waals surface area contributed by atoms with Crippen molar-refractivity contribution in [2.75, 3.05) is 10.6 Å². The van der Waals surface area contributed by atoms with E-state index in [0.717, 1.165) is 37.8 Å². The van der Waals surface area contributed by atoms with Crippen molar-refractivity contribution in [2.24, 2.45) is 5.73 Å². The highest BCUT2D eigenvalue weighted by atomic mass is 19.4. The van der Waals surface area contributed by atoms with Gasteiger partial charge in [-0.3, -0.25) is 4.79 Å². The van der Waals surface area contributed by atoms with Crippen molar-refractivity contribution >= 4 is 28.4 Å². The van der Waals surface area contributed by atoms with E-state index < -0.39 is 17.3 Å². The quantitative estimate of drug-likeness (QED) is 0.514. The fraction of sp³-hybridized carbons (Fsp3) is 0.350. The fourth-order valence-corrected chi connectivity index (χ4v) is 3.63. The summed E-state index contributed by atoms with van der Waals surface area (Å²) in [7, 11) is 0. The lowest BCUT2D eigenvalue weighted by molar-refractivity contribution is -0.137. The minimum Gasteiger partial charge on any atom is -0.350 e. The molecule has 10 heteroatoms. The normalized spacial score (nSPS) is 19.6. The zero-order valence-corrected chi connectivity index (χ0v) is 16.0. The van der Waals surface area contributed by atoms with Gasteiger partial charge >= 0.3 is 6.18 Å². The minimum atomic E-state index is -4.42. The first-order valence-electron chi connectivity index (χ1n) is 9.67. The number of alkyl halides is 3. The third-order valence-corrected chi connectivity index (χ3v) is 5.23. The van der Waals surface area contributed by atoms with Crippen molar-refractivity contribution in [1.29, 1.82) is 0 Å². The zero-order chi connectivity index (χ0) is 21.3. The number of H-pyrrole nitrogens is 1. The Labute approximate surface area is 169 Å². The molecule has 2 aromatic heterocycles. The number of rotatable bonds is 4. The fourth-order valence-electron chi connectivity index (χ4n) is 3.63. The summed E-state index contributed by atoms with van der Waals surface area (Å²) in [5, 5.41) is 6.41. The SMILES string of the molecule is NC1CCCC[C@@H]1Nc1nc(Nc2ccc(C(F)(F)F)cc2)c2c(=O)[nH]ccc2n1. The lowest BCUT2D eigenvalue weighted by Gasteiger charge is -2.29. The van der Waals surface area contributed by atoms with Gasteiger partial charge in [0.1, 0.15) is 11.2 Å². The number of hydrogen-bond acceptors (Lipinski definition) is 6. The Morgan fingerprint density at radius 2 is 1.80 bits per heavy atom. The van der Waals surface area contributed by atoms with Crippen LogP contribution in [0, 0.1) is 0 Å². The van der Waals surface area contributed by atoms with Crippen LogP contribution >= 0.6 is 0 Å². The smallest absolute Gasteiger partial charge is 0.350 e. The summed E-state index contributed by atoms with van der Waals surface area (Å²) in [6.07, 6.45) is 0.979. The number of hydrogen-bond donors (Lipinski definition) is 4. The van der Waals surface area contributed by atoms with Gasteiger partial charge in [-0.1, -0.05) is 12.8 Å². The summed E-state index contributed by atoms with van der Waals surface area (Å²) < 4.78 is 38.4. The van der Waals surface area contributed by atoms with Gasteiger partial charge < -0.3 is 21.4 Å². The number of anilines is 3. The van der Waals surface area contributed by atoms with Crippen LogP contribution in [0.5, 0.6) is 0 Å². The van der Waals surface area contributed by atoms with Crippen LogP contribution in [0.1, 0.15) is 31.2 Å². The molecule has 3 aromatic rings. The van der Waals surface area contributed by atoms with E-state index >= 15 is 0 Å². The van der Waals surface area contributed by atoms with Crippen LogP contribution in [-0.4, -0.2) is 27.0 Å². The van der Waals surface area contributed by atoms with Crippen molar-refractivity contribution in [3.8, 4) is 0 Å². The van der Waals surface area contributed by atoms with E-state index in [1.54, 1.807) is 6.07 Å². The molecular weight excluding hydrogens is 397 g/mol. The average Bonchev–Trinajstić information content (AvgIpc) is 2.69. The van der Waals surface area contributed by atoms with Crippen molar-refractivity contribution < 1.29 is 13.2 Å². The van der Waals surface area contributed by atoms with Crippen molar-refractivity contribution in [3.63, 3.8) is 0 Å². The molecule has 2 heterocycles. The summed E-state index contributed by atoms with van der Waals surface area (Å²) in [4.78, 5) is 23.8. The first-order chi connectivity index (χ1) is 14.3. The Bertz CT molecular complexity index is 1100. The lowest BCUT2D eigenvalue weighted by atomic mass is 9.91. The van der Waals surface area contributed by atoms with Crippen LogP contribution in [0.4, 0.5) is 30.6 Å². The predicted molar refractivity (Wildman–Crippen MR) is 109 cm³/mol. The molecule has 1 aliphatic carbocycles. The summed E-state index contributed by atoms with van der Waals surface area (Å²) in [5.74, 6) is 0.512. The van der Waals surface area contributed by atoms with Gasteiger partial charge in [-0.25, -0.2) is 4.98 Å². The number of aromatic amines is 1. The van der Waals surface area contributed by atoms with Gasteiger partial charge in [0.2, 0.25) is 5.95 Å². The molecule has 7 nitrogen and oxygen atoms in total. The first-order valence-corrected chi connectivity index (χ1v) is 9.67. The largest absolute Gasteiger partial charge is 0.416 e. The van der Waals surface area contributed by atoms with E-state index in [4.69, 9.17) is 5.73 Å². The molecule has 0 spiro atoms. The second-order valence-corrected chi connectivity index (χ2v) is 7.36. The molecule has 158 valence electrons. The maximum Gasteiger partial charge on any atom is 0.416 e. The van der Waals surface area contributed by atoms with Crippen molar-refractivity contribution in [1.82, 2.24) is 15.0 Å². The van der Waals surface area contributed by atoms with Crippen LogP contribution in [0.2, 0.25) is 0 Å². The third kappa shape index (κ3) is 4.23. The van der Waals surface area contributed by atoms with Crippen molar-refractivity contribution in [2.45, 2.75) is 43.9 Å². The molecule has 1 fully saturated rings. The molecule has 0 radical (unpaired) electrons. The van der Waals surface area contributed by atoms with Crippen LogP contribution in [0.3, 0.4) is 0 Å². The summed E-state index contributed by atoms with van der Waals surface area (Å²) >= 11 is 0. The molecule has 0 amide bonds. The number of halogens is 3. The summed E-state index contributed by atoms with van der Waals surface area (Å²) in [5.41, 5.74) is 5.82. The highest BCUT2D eigenvalue weighted by molar-refractivity contribution is 5.90. The molecule has 4 rings (SSSR count). The Kier molecular flexibility index (Phi) is 5.33. The summed E-state index contributed by atoms with van der Waals surface area (Å²) in [6, 6.07) is 6.14. The number of nitrogens with one attached hydrogen (secondary N) is 3. The zero-order valence-electron chi connectivity index (χ0n) is 16.0. The number of nitrogens with zero attached hydrogens (tertiary/aromatic N) is 2. The van der Waals surface area contributed by atoms with Crippen LogP contribution in [-0.2, 0) is 6.18 Å². The van der Waals surface area contributed by atoms with Gasteiger partial charge in [0, 0.05) is 24.0 Å². The molecule has 2 atom stereocenters. The van der Waals surface area contributed by atoms with Crippen molar-refractivity contribution in [3.05, 3.63) is 52.4 Å². The van der Waals surface area contributed by atoms with Crippen LogP contribution in [0.15, 0.2) is 41.3 Å². The molecular formula is C20H21F3N6O. The van der Waals surface area contributed by atoms with E-state index in [9.17, 15) is 18.0 Å². The molecule has 0 bridgehead atoms. The van der Waals surface area contributed by atoms with Gasteiger partial charge in [-0.05, 0) is 43.2 Å². The molecule has 1 aromatic carbocycles. The minimum absolute atomic E-state index is 0.0112. The predicted octanol–water partition coefficient (Wildman–Crippen LogP) is 3.76. The number of benzene rings is 1. The monoisotopic (exact) mass is 418 g/mol. The van der Waals surface area contributed by atoms with Gasteiger partial charge in [0.25, 0.3) is 5.56 Å². The molecule has 1 saturated carbocycles. The number of nitrogens with two attached hydrogens (primary N) is 1. The Balaban J connectivity index is 1.69. The van der Waals surface area contributed by atoms with E-state index in [2.05, 4.69) is 25.6 Å². The molecule has 0 saturated heterocycles. The second-order valence-electron chi connectivity index (χ2n) is 7.36. The highest BCUT2D eigenvalue weighted by Crippen LogP contribution is 2.31. The molecule has 5 N–H and O–H groups in total. The van der Waals surface area contributed by atoms with Crippen LogP contribution in [0.25, 0.3) is 10.9 Å². The van der Waals surface area contributed by atoms with E-state index in [1.807, 2.05) is 0 Å². The second kappa shape index (κ2) is 7.94. The molecule has 30 heavy (non-hydrogen) atoms. The molecule has 1 unspecified atom stereocenters. The Hall–Kier alpha value is -3.14. The Morgan fingerprint density at radius 1 is 1.07 bits per heavy atom. The van der Waals surface area contributed by atoms with E-state index in [0.29, 0.717) is 17.2 Å².